The molecule has 6 nitrogen and oxygen atoms in total. The predicted molar refractivity (Wildman–Crippen MR) is 122 cm³/mol. The van der Waals surface area contributed by atoms with Crippen LogP contribution >= 0.6 is 23.8 Å². The molecule has 31 heavy (non-hydrogen) atoms. The van der Waals surface area contributed by atoms with Crippen LogP contribution < -0.4 is 14.8 Å². The molecule has 1 aliphatic rings. The molecule has 8 heteroatoms. The van der Waals surface area contributed by atoms with Crippen molar-refractivity contribution >= 4 is 40.9 Å². The summed E-state index contributed by atoms with van der Waals surface area (Å²) in [5.74, 6) is 1.70. The summed E-state index contributed by atoms with van der Waals surface area (Å²) >= 11 is 11.5. The van der Waals surface area contributed by atoms with E-state index in [2.05, 4.69) is 5.32 Å². The number of amides is 1. The highest BCUT2D eigenvalue weighted by Gasteiger charge is 2.31. The van der Waals surface area contributed by atoms with E-state index >= 15 is 0 Å². The molecule has 1 saturated heterocycles. The van der Waals surface area contributed by atoms with Gasteiger partial charge in [0.1, 0.15) is 29.6 Å². The van der Waals surface area contributed by atoms with Crippen LogP contribution in [0, 0.1) is 0 Å². The number of benzene rings is 2. The highest BCUT2D eigenvalue weighted by atomic mass is 35.5. The molecule has 3 aromatic rings. The maximum absolute atomic E-state index is 12.8. The van der Waals surface area contributed by atoms with Crippen LogP contribution in [-0.2, 0) is 17.9 Å². The largest absolute Gasteiger partial charge is 0.496 e. The molecule has 2 aromatic carbocycles. The second-order valence-corrected chi connectivity index (χ2v) is 7.54. The molecular formula is C23H19ClN2O4S. The van der Waals surface area contributed by atoms with Gasteiger partial charge in [-0.3, -0.25) is 9.69 Å². The van der Waals surface area contributed by atoms with Gasteiger partial charge in [-0.05, 0) is 60.3 Å². The van der Waals surface area contributed by atoms with Crippen LogP contribution in [0.5, 0.6) is 11.5 Å². The highest BCUT2D eigenvalue weighted by molar-refractivity contribution is 7.80. The number of methoxy groups -OCH3 is 1. The maximum Gasteiger partial charge on any atom is 0.276 e. The fourth-order valence-corrected chi connectivity index (χ4v) is 3.61. The Morgan fingerprint density at radius 3 is 2.74 bits per heavy atom. The van der Waals surface area contributed by atoms with Crippen molar-refractivity contribution in [1.82, 2.24) is 10.2 Å². The van der Waals surface area contributed by atoms with Gasteiger partial charge in [0, 0.05) is 5.56 Å². The zero-order valence-electron chi connectivity index (χ0n) is 16.6. The first-order valence-electron chi connectivity index (χ1n) is 9.46. The first-order valence-corrected chi connectivity index (χ1v) is 10.2. The summed E-state index contributed by atoms with van der Waals surface area (Å²) in [6.45, 7) is 0.531. The van der Waals surface area contributed by atoms with Gasteiger partial charge in [0.15, 0.2) is 5.11 Å². The normalized spacial score (nSPS) is 14.8. The van der Waals surface area contributed by atoms with Gasteiger partial charge in [-0.2, -0.15) is 0 Å². The Balaban J connectivity index is 1.53. The van der Waals surface area contributed by atoms with E-state index in [0.717, 1.165) is 11.1 Å². The van der Waals surface area contributed by atoms with Crippen LogP contribution in [0.3, 0.4) is 0 Å². The Bertz CT molecular complexity index is 1140. The van der Waals surface area contributed by atoms with Crippen molar-refractivity contribution in [3.63, 3.8) is 0 Å². The van der Waals surface area contributed by atoms with E-state index in [-0.39, 0.29) is 19.1 Å². The molecule has 1 aliphatic heterocycles. The number of nitrogens with one attached hydrogen (secondary N) is 1. The number of carbonyl (C=O) groups excluding carboxylic acids is 1. The number of hydrogen-bond donors (Lipinski definition) is 1. The third kappa shape index (κ3) is 4.73. The fraction of sp³-hybridized carbons (Fsp3) is 0.130. The lowest BCUT2D eigenvalue weighted by Gasteiger charge is -2.12. The third-order valence-electron chi connectivity index (χ3n) is 4.69. The Morgan fingerprint density at radius 1 is 1.16 bits per heavy atom. The molecule has 1 aromatic heterocycles. The van der Waals surface area contributed by atoms with E-state index in [1.54, 1.807) is 43.7 Å². The molecule has 1 N–H and O–H groups in total. The van der Waals surface area contributed by atoms with Crippen LogP contribution in [0.15, 0.2) is 71.0 Å². The number of para-hydroxylation sites is 1. The topological polar surface area (TPSA) is 63.9 Å². The zero-order chi connectivity index (χ0) is 21.8. The standard InChI is InChI=1S/C23H19ClN2O4S/c1-28-20-9-8-15(11-16(20)14-30-21-7-3-2-6-18(21)24)12-19-22(27)26(23(31)25-19)13-17-5-4-10-29-17/h2-12H,13-14H2,1H3,(H,25,31)/b19-12+. The van der Waals surface area contributed by atoms with Gasteiger partial charge in [-0.25, -0.2) is 0 Å². The fourth-order valence-electron chi connectivity index (χ4n) is 3.16. The summed E-state index contributed by atoms with van der Waals surface area (Å²) in [6, 6.07) is 16.4. The number of halogens is 1. The smallest absolute Gasteiger partial charge is 0.276 e. The Morgan fingerprint density at radius 2 is 2.00 bits per heavy atom. The predicted octanol–water partition coefficient (Wildman–Crippen LogP) is 4.78. The Hall–Kier alpha value is -3.29. The van der Waals surface area contributed by atoms with Crippen molar-refractivity contribution in [3.8, 4) is 11.5 Å². The first kappa shape index (κ1) is 21.0. The number of carbonyl (C=O) groups is 1. The second kappa shape index (κ2) is 9.24. The summed E-state index contributed by atoms with van der Waals surface area (Å²) in [5, 5.41) is 3.84. The average Bonchev–Trinajstić information content (AvgIpc) is 3.37. The van der Waals surface area contributed by atoms with E-state index in [4.69, 9.17) is 37.7 Å². The van der Waals surface area contributed by atoms with Gasteiger partial charge in [-0.15, -0.1) is 0 Å². The number of hydrogen-bond acceptors (Lipinski definition) is 5. The molecule has 0 atom stereocenters. The van der Waals surface area contributed by atoms with E-state index in [9.17, 15) is 4.79 Å². The molecule has 4 rings (SSSR count). The molecule has 0 spiro atoms. The van der Waals surface area contributed by atoms with Gasteiger partial charge in [0.2, 0.25) is 0 Å². The Kier molecular flexibility index (Phi) is 6.25. The van der Waals surface area contributed by atoms with Crippen LogP contribution in [0.1, 0.15) is 16.9 Å². The maximum atomic E-state index is 12.8. The minimum atomic E-state index is -0.217. The van der Waals surface area contributed by atoms with Crippen LogP contribution in [0.2, 0.25) is 5.02 Å². The average molecular weight is 455 g/mol. The number of ether oxygens (including phenoxy) is 2. The van der Waals surface area contributed by atoms with Crippen molar-refractivity contribution in [2.75, 3.05) is 7.11 Å². The SMILES string of the molecule is COc1ccc(/C=C2/NC(=S)N(Cc3ccco3)C2=O)cc1COc1ccccc1Cl. The number of nitrogens with zero attached hydrogens (tertiary/aromatic N) is 1. The lowest BCUT2D eigenvalue weighted by Crippen LogP contribution is -2.29. The number of furan rings is 1. The second-order valence-electron chi connectivity index (χ2n) is 6.75. The first-order chi connectivity index (χ1) is 15.0. The van der Waals surface area contributed by atoms with Gasteiger partial charge in [-0.1, -0.05) is 29.8 Å². The molecule has 0 saturated carbocycles. The van der Waals surface area contributed by atoms with Gasteiger partial charge < -0.3 is 19.2 Å². The third-order valence-corrected chi connectivity index (χ3v) is 5.33. The molecule has 0 radical (unpaired) electrons. The van der Waals surface area contributed by atoms with Crippen LogP contribution in [-0.4, -0.2) is 23.0 Å². The number of rotatable bonds is 7. The monoisotopic (exact) mass is 454 g/mol. The van der Waals surface area contributed by atoms with Gasteiger partial charge in [0.25, 0.3) is 5.91 Å². The molecule has 0 aliphatic carbocycles. The number of thiocarbonyl (C=S) groups is 1. The molecule has 158 valence electrons. The van der Waals surface area contributed by atoms with Crippen molar-refractivity contribution in [2.45, 2.75) is 13.2 Å². The molecule has 0 unspecified atom stereocenters. The molecule has 1 fully saturated rings. The summed E-state index contributed by atoms with van der Waals surface area (Å²) < 4.78 is 16.6. The van der Waals surface area contributed by atoms with Crippen LogP contribution in [0.25, 0.3) is 6.08 Å². The quantitative estimate of drug-likeness (QED) is 0.409. The summed E-state index contributed by atoms with van der Waals surface area (Å²) in [6.07, 6.45) is 3.31. The van der Waals surface area contributed by atoms with Crippen molar-refractivity contribution in [1.29, 1.82) is 0 Å². The summed E-state index contributed by atoms with van der Waals surface area (Å²) in [4.78, 5) is 14.3. The summed E-state index contributed by atoms with van der Waals surface area (Å²) in [5.41, 5.74) is 2.01. The molecule has 1 amide bonds. The highest BCUT2D eigenvalue weighted by Crippen LogP contribution is 2.27. The van der Waals surface area contributed by atoms with Crippen molar-refractivity contribution in [3.05, 3.63) is 88.5 Å². The molecular weight excluding hydrogens is 436 g/mol. The van der Waals surface area contributed by atoms with Crippen molar-refractivity contribution < 1.29 is 18.7 Å². The van der Waals surface area contributed by atoms with E-state index in [1.165, 1.54) is 4.90 Å². The van der Waals surface area contributed by atoms with Gasteiger partial charge >= 0.3 is 0 Å². The lowest BCUT2D eigenvalue weighted by atomic mass is 10.1. The summed E-state index contributed by atoms with van der Waals surface area (Å²) in [7, 11) is 1.60. The van der Waals surface area contributed by atoms with E-state index in [1.807, 2.05) is 30.3 Å². The van der Waals surface area contributed by atoms with E-state index < -0.39 is 0 Å². The van der Waals surface area contributed by atoms with Gasteiger partial charge in [0.05, 0.1) is 24.9 Å². The minimum absolute atomic E-state index is 0.217. The van der Waals surface area contributed by atoms with Crippen molar-refractivity contribution in [2.24, 2.45) is 0 Å². The molecule has 0 bridgehead atoms. The zero-order valence-corrected chi connectivity index (χ0v) is 18.2. The molecule has 2 heterocycles. The van der Waals surface area contributed by atoms with Crippen LogP contribution in [0.4, 0.5) is 0 Å². The van der Waals surface area contributed by atoms with E-state index in [0.29, 0.717) is 33.1 Å². The Labute approximate surface area is 190 Å². The lowest BCUT2D eigenvalue weighted by molar-refractivity contribution is -0.122. The minimum Gasteiger partial charge on any atom is -0.496 e.